The van der Waals surface area contributed by atoms with E-state index in [1.54, 1.807) is 0 Å². The van der Waals surface area contributed by atoms with Crippen molar-refractivity contribution < 1.29 is 13.2 Å². The molecule has 1 aromatic carbocycles. The summed E-state index contributed by atoms with van der Waals surface area (Å²) in [6, 6.07) is 7.49. The minimum Gasteiger partial charge on any atom is -0.380 e. The van der Waals surface area contributed by atoms with Gasteiger partial charge in [0.2, 0.25) is 10.0 Å². The van der Waals surface area contributed by atoms with Gasteiger partial charge in [-0.1, -0.05) is 18.2 Å². The maximum Gasteiger partial charge on any atom is 0.242 e. The summed E-state index contributed by atoms with van der Waals surface area (Å²) in [5, 5.41) is 3.84. The number of fused-ring (bicyclic) bond motifs is 1. The van der Waals surface area contributed by atoms with Crippen LogP contribution in [0.25, 0.3) is 10.1 Å². The SMILES string of the molecule is CNCc1sc2ccccc2c1S(=O)(=O)NC1CCOC1. The standard InChI is InChI=1S/C14H18N2O3S2/c1-15-8-13-14(11-4-2-3-5-12(11)20-13)21(17,18)16-10-6-7-19-9-10/h2-5,10,15-16H,6-9H2,1H3. The third-order valence-electron chi connectivity index (χ3n) is 3.48. The van der Waals surface area contributed by atoms with E-state index in [1.807, 2.05) is 31.3 Å². The molecule has 1 atom stereocenters. The zero-order chi connectivity index (χ0) is 14.9. The number of rotatable bonds is 5. The van der Waals surface area contributed by atoms with Gasteiger partial charge in [0.15, 0.2) is 0 Å². The first kappa shape index (κ1) is 14.9. The first-order valence-corrected chi connectivity index (χ1v) is 9.17. The number of benzene rings is 1. The molecule has 7 heteroatoms. The average Bonchev–Trinajstić information content (AvgIpc) is 3.05. The molecule has 1 aliphatic heterocycles. The Kier molecular flexibility index (Phi) is 4.28. The lowest BCUT2D eigenvalue weighted by molar-refractivity contribution is 0.192. The smallest absolute Gasteiger partial charge is 0.242 e. The van der Waals surface area contributed by atoms with Crippen LogP contribution in [-0.4, -0.2) is 34.7 Å². The third-order valence-corrected chi connectivity index (χ3v) is 6.42. The van der Waals surface area contributed by atoms with Gasteiger partial charge < -0.3 is 10.1 Å². The van der Waals surface area contributed by atoms with Crippen LogP contribution in [0.4, 0.5) is 0 Å². The van der Waals surface area contributed by atoms with Crippen LogP contribution in [0.15, 0.2) is 29.2 Å². The molecular weight excluding hydrogens is 308 g/mol. The van der Waals surface area contributed by atoms with Gasteiger partial charge in [0.1, 0.15) is 4.90 Å². The van der Waals surface area contributed by atoms with Gasteiger partial charge in [-0.3, -0.25) is 0 Å². The summed E-state index contributed by atoms with van der Waals surface area (Å²) in [5.41, 5.74) is 0. The normalized spacial score (nSPS) is 19.4. The number of hydrogen-bond donors (Lipinski definition) is 2. The highest BCUT2D eigenvalue weighted by atomic mass is 32.2. The van der Waals surface area contributed by atoms with Crippen molar-refractivity contribution in [3.63, 3.8) is 0 Å². The molecule has 0 spiro atoms. The van der Waals surface area contributed by atoms with Crippen LogP contribution in [0, 0.1) is 0 Å². The van der Waals surface area contributed by atoms with Gasteiger partial charge in [-0.25, -0.2) is 13.1 Å². The Morgan fingerprint density at radius 1 is 1.38 bits per heavy atom. The molecule has 0 amide bonds. The first-order chi connectivity index (χ1) is 10.1. The van der Waals surface area contributed by atoms with E-state index in [0.29, 0.717) is 24.7 Å². The van der Waals surface area contributed by atoms with Gasteiger partial charge in [-0.15, -0.1) is 11.3 Å². The number of sulfonamides is 1. The molecule has 0 saturated carbocycles. The summed E-state index contributed by atoms with van der Waals surface area (Å²) >= 11 is 1.52. The molecule has 1 unspecified atom stereocenters. The number of nitrogens with one attached hydrogen (secondary N) is 2. The molecule has 0 aliphatic carbocycles. The Labute approximate surface area is 128 Å². The summed E-state index contributed by atoms with van der Waals surface area (Å²) in [4.78, 5) is 1.24. The average molecular weight is 326 g/mol. The molecule has 1 aliphatic rings. The predicted octanol–water partition coefficient (Wildman–Crippen LogP) is 1.69. The topological polar surface area (TPSA) is 67.4 Å². The number of thiophene rings is 1. The van der Waals surface area contributed by atoms with E-state index in [4.69, 9.17) is 4.74 Å². The molecule has 1 aromatic heterocycles. The zero-order valence-corrected chi connectivity index (χ0v) is 13.4. The highest BCUT2D eigenvalue weighted by molar-refractivity contribution is 7.90. The Bertz CT molecular complexity index is 734. The lowest BCUT2D eigenvalue weighted by Gasteiger charge is -2.12. The largest absolute Gasteiger partial charge is 0.380 e. The quantitative estimate of drug-likeness (QED) is 0.877. The van der Waals surface area contributed by atoms with E-state index in [1.165, 1.54) is 11.3 Å². The predicted molar refractivity (Wildman–Crippen MR) is 84.1 cm³/mol. The summed E-state index contributed by atoms with van der Waals surface area (Å²) < 4.78 is 34.6. The maximum atomic E-state index is 12.8. The van der Waals surface area contributed by atoms with E-state index >= 15 is 0 Å². The molecule has 0 bridgehead atoms. The monoisotopic (exact) mass is 326 g/mol. The maximum absolute atomic E-state index is 12.8. The fraction of sp³-hybridized carbons (Fsp3) is 0.429. The van der Waals surface area contributed by atoms with E-state index in [2.05, 4.69) is 10.0 Å². The molecule has 1 saturated heterocycles. The Balaban J connectivity index is 2.06. The van der Waals surface area contributed by atoms with E-state index in [9.17, 15) is 8.42 Å². The summed E-state index contributed by atoms with van der Waals surface area (Å²) in [7, 11) is -1.72. The van der Waals surface area contributed by atoms with Crippen LogP contribution >= 0.6 is 11.3 Å². The highest BCUT2D eigenvalue weighted by Crippen LogP contribution is 2.34. The minimum atomic E-state index is -3.54. The van der Waals surface area contributed by atoms with Crippen LogP contribution in [0.2, 0.25) is 0 Å². The van der Waals surface area contributed by atoms with Gasteiger partial charge in [0.25, 0.3) is 0 Å². The van der Waals surface area contributed by atoms with E-state index in [-0.39, 0.29) is 6.04 Å². The molecule has 2 aromatic rings. The lowest BCUT2D eigenvalue weighted by atomic mass is 10.2. The van der Waals surface area contributed by atoms with Crippen molar-refractivity contribution in [3.8, 4) is 0 Å². The van der Waals surface area contributed by atoms with Crippen molar-refractivity contribution in [1.29, 1.82) is 0 Å². The molecule has 5 nitrogen and oxygen atoms in total. The fourth-order valence-corrected chi connectivity index (χ4v) is 5.76. The van der Waals surface area contributed by atoms with Crippen molar-refractivity contribution in [2.24, 2.45) is 0 Å². The molecule has 114 valence electrons. The van der Waals surface area contributed by atoms with Crippen molar-refractivity contribution in [2.45, 2.75) is 23.9 Å². The Hall–Kier alpha value is -0.990. The summed E-state index contributed by atoms with van der Waals surface area (Å²) in [6.45, 7) is 1.60. The van der Waals surface area contributed by atoms with Crippen molar-refractivity contribution >= 4 is 31.4 Å². The molecule has 2 N–H and O–H groups in total. The van der Waals surface area contributed by atoms with Gasteiger partial charge in [0, 0.05) is 34.2 Å². The van der Waals surface area contributed by atoms with Crippen molar-refractivity contribution in [2.75, 3.05) is 20.3 Å². The lowest BCUT2D eigenvalue weighted by Crippen LogP contribution is -2.35. The molecule has 3 rings (SSSR count). The van der Waals surface area contributed by atoms with Gasteiger partial charge in [-0.05, 0) is 19.5 Å². The van der Waals surface area contributed by atoms with Crippen molar-refractivity contribution in [3.05, 3.63) is 29.1 Å². The van der Waals surface area contributed by atoms with Crippen LogP contribution in [0.1, 0.15) is 11.3 Å². The zero-order valence-electron chi connectivity index (χ0n) is 11.8. The second kappa shape index (κ2) is 6.02. The van der Waals surface area contributed by atoms with Crippen LogP contribution < -0.4 is 10.0 Å². The minimum absolute atomic E-state index is 0.129. The van der Waals surface area contributed by atoms with Crippen LogP contribution in [-0.2, 0) is 21.3 Å². The second-order valence-corrected chi connectivity index (χ2v) is 7.85. The van der Waals surface area contributed by atoms with Gasteiger partial charge in [-0.2, -0.15) is 0 Å². The fourth-order valence-electron chi connectivity index (χ4n) is 2.55. The number of ether oxygens (including phenoxy) is 1. The highest BCUT2D eigenvalue weighted by Gasteiger charge is 2.28. The Morgan fingerprint density at radius 3 is 2.90 bits per heavy atom. The molecule has 2 heterocycles. The van der Waals surface area contributed by atoms with Crippen LogP contribution in [0.3, 0.4) is 0 Å². The second-order valence-electron chi connectivity index (χ2n) is 5.06. The van der Waals surface area contributed by atoms with E-state index < -0.39 is 10.0 Å². The van der Waals surface area contributed by atoms with Gasteiger partial charge >= 0.3 is 0 Å². The van der Waals surface area contributed by atoms with Crippen molar-refractivity contribution in [1.82, 2.24) is 10.0 Å². The number of hydrogen-bond acceptors (Lipinski definition) is 5. The van der Waals surface area contributed by atoms with Crippen LogP contribution in [0.5, 0.6) is 0 Å². The summed E-state index contributed by atoms with van der Waals surface area (Å²) in [6.07, 6.45) is 0.725. The molecule has 0 radical (unpaired) electrons. The first-order valence-electron chi connectivity index (χ1n) is 6.87. The molecular formula is C14H18N2O3S2. The van der Waals surface area contributed by atoms with E-state index in [0.717, 1.165) is 21.4 Å². The summed E-state index contributed by atoms with van der Waals surface area (Å²) in [5.74, 6) is 0. The van der Waals surface area contributed by atoms with Gasteiger partial charge in [0.05, 0.1) is 6.61 Å². The third kappa shape index (κ3) is 2.97. The molecule has 1 fully saturated rings. The molecule has 21 heavy (non-hydrogen) atoms. The Morgan fingerprint density at radius 2 is 2.19 bits per heavy atom.